The molecule has 0 aromatic heterocycles. The minimum atomic E-state index is 0. The highest BCUT2D eigenvalue weighted by Gasteiger charge is 2.56. The summed E-state index contributed by atoms with van der Waals surface area (Å²) < 4.78 is 1.91. The second kappa shape index (κ2) is 7.14. The normalized spacial score (nSPS) is 31.1. The van der Waals surface area contributed by atoms with Gasteiger partial charge in [-0.2, -0.15) is 0 Å². The van der Waals surface area contributed by atoms with E-state index in [1.807, 2.05) is 16.2 Å². The molecule has 1 spiro atoms. The van der Waals surface area contributed by atoms with Gasteiger partial charge in [0.15, 0.2) is 0 Å². The number of hydrogen-bond acceptors (Lipinski definition) is 2. The zero-order valence-corrected chi connectivity index (χ0v) is 16.0. The van der Waals surface area contributed by atoms with Crippen molar-refractivity contribution in [3.8, 4) is 0 Å². The highest BCUT2D eigenvalue weighted by atomic mass is 35.5. The van der Waals surface area contributed by atoms with E-state index in [1.165, 1.54) is 21.9 Å². The van der Waals surface area contributed by atoms with Crippen molar-refractivity contribution in [1.82, 2.24) is 4.42 Å². The molecule has 2 aliphatic heterocycles. The molecule has 0 bridgehead atoms. The standard InChI is InChI=1S/C18H18ClNS.2ClH/c1-13-12-21-17-10-11-20(19)16-9-5-8-15(18(13,16)17)14-6-3-2-4-7-14;;/h2-10,13,15H,11-12H2,1H3;2*1H. The summed E-state index contributed by atoms with van der Waals surface area (Å²) >= 11 is 8.56. The van der Waals surface area contributed by atoms with Crippen molar-refractivity contribution in [2.75, 3.05) is 12.3 Å². The summed E-state index contributed by atoms with van der Waals surface area (Å²) in [6.07, 6.45) is 9.06. The average molecular weight is 389 g/mol. The van der Waals surface area contributed by atoms with Crippen LogP contribution in [-0.4, -0.2) is 16.7 Å². The van der Waals surface area contributed by atoms with Crippen molar-refractivity contribution in [3.05, 3.63) is 70.8 Å². The molecule has 3 atom stereocenters. The first kappa shape index (κ1) is 18.8. The second-order valence-electron chi connectivity index (χ2n) is 6.02. The van der Waals surface area contributed by atoms with E-state index in [0.29, 0.717) is 11.8 Å². The fourth-order valence-electron chi connectivity index (χ4n) is 4.06. The smallest absolute Gasteiger partial charge is 0.0558 e. The van der Waals surface area contributed by atoms with E-state index < -0.39 is 0 Å². The van der Waals surface area contributed by atoms with Gasteiger partial charge in [-0.15, -0.1) is 36.6 Å². The molecule has 0 saturated carbocycles. The minimum Gasteiger partial charge on any atom is -0.285 e. The van der Waals surface area contributed by atoms with Gasteiger partial charge in [0.25, 0.3) is 0 Å². The monoisotopic (exact) mass is 387 g/mol. The number of benzene rings is 1. The van der Waals surface area contributed by atoms with Crippen LogP contribution in [0, 0.1) is 11.3 Å². The van der Waals surface area contributed by atoms with Gasteiger partial charge in [0.1, 0.15) is 0 Å². The maximum Gasteiger partial charge on any atom is 0.0558 e. The number of hydrogen-bond donors (Lipinski definition) is 0. The van der Waals surface area contributed by atoms with Crippen LogP contribution >= 0.6 is 48.4 Å². The number of halogens is 3. The first-order valence-corrected chi connectivity index (χ1v) is 8.77. The van der Waals surface area contributed by atoms with Gasteiger partial charge in [-0.25, -0.2) is 0 Å². The first-order valence-electron chi connectivity index (χ1n) is 7.45. The third-order valence-corrected chi connectivity index (χ3v) is 6.81. The molecule has 0 radical (unpaired) electrons. The molecule has 1 nitrogen and oxygen atoms in total. The highest BCUT2D eigenvalue weighted by molar-refractivity contribution is 8.03. The molecule has 1 fully saturated rings. The molecule has 23 heavy (non-hydrogen) atoms. The van der Waals surface area contributed by atoms with Crippen LogP contribution < -0.4 is 0 Å². The Morgan fingerprint density at radius 2 is 1.96 bits per heavy atom. The van der Waals surface area contributed by atoms with E-state index in [2.05, 4.69) is 61.6 Å². The van der Waals surface area contributed by atoms with Crippen LogP contribution in [0.4, 0.5) is 0 Å². The van der Waals surface area contributed by atoms with Gasteiger partial charge in [0.2, 0.25) is 0 Å². The average Bonchev–Trinajstić information content (AvgIpc) is 2.85. The van der Waals surface area contributed by atoms with Crippen molar-refractivity contribution in [2.45, 2.75) is 12.8 Å². The Hall–Kier alpha value is -0.540. The quantitative estimate of drug-likeness (QED) is 0.560. The molecular formula is C18H20Cl3NS. The summed E-state index contributed by atoms with van der Waals surface area (Å²) in [7, 11) is 0. The van der Waals surface area contributed by atoms with E-state index >= 15 is 0 Å². The fraction of sp³-hybridized carbons (Fsp3) is 0.333. The third-order valence-electron chi connectivity index (χ3n) is 5.00. The van der Waals surface area contributed by atoms with E-state index in [1.54, 1.807) is 0 Å². The maximum atomic E-state index is 6.55. The van der Waals surface area contributed by atoms with E-state index in [-0.39, 0.29) is 30.2 Å². The fourth-order valence-corrected chi connectivity index (χ4v) is 5.88. The summed E-state index contributed by atoms with van der Waals surface area (Å²) in [4.78, 5) is 1.51. The van der Waals surface area contributed by atoms with Crippen molar-refractivity contribution < 1.29 is 0 Å². The van der Waals surface area contributed by atoms with E-state index in [0.717, 1.165) is 6.54 Å². The van der Waals surface area contributed by atoms with Gasteiger partial charge in [0.05, 0.1) is 12.0 Å². The molecule has 1 aromatic carbocycles. The minimum absolute atomic E-state index is 0. The molecule has 4 rings (SSSR count). The predicted molar refractivity (Wildman–Crippen MR) is 106 cm³/mol. The van der Waals surface area contributed by atoms with E-state index in [9.17, 15) is 0 Å². The Labute approximate surface area is 159 Å². The van der Waals surface area contributed by atoms with E-state index in [4.69, 9.17) is 11.8 Å². The second-order valence-corrected chi connectivity index (χ2v) is 7.49. The van der Waals surface area contributed by atoms with Crippen LogP contribution in [0.15, 0.2) is 65.2 Å². The van der Waals surface area contributed by atoms with Gasteiger partial charge in [-0.05, 0) is 22.5 Å². The molecule has 0 N–H and O–H groups in total. The van der Waals surface area contributed by atoms with Crippen LogP contribution in [0.5, 0.6) is 0 Å². The largest absolute Gasteiger partial charge is 0.285 e. The summed E-state index contributed by atoms with van der Waals surface area (Å²) in [6.45, 7) is 3.17. The number of thioether (sulfide) groups is 1. The van der Waals surface area contributed by atoms with Crippen molar-refractivity contribution in [1.29, 1.82) is 0 Å². The Balaban J connectivity index is 0.000000960. The number of nitrogens with zero attached hydrogens (tertiary/aromatic N) is 1. The number of allylic oxidation sites excluding steroid dienone is 4. The molecule has 1 aromatic rings. The van der Waals surface area contributed by atoms with Gasteiger partial charge in [0, 0.05) is 29.1 Å². The molecule has 5 heteroatoms. The number of rotatable bonds is 1. The summed E-state index contributed by atoms with van der Waals surface area (Å²) in [6, 6.07) is 10.8. The molecule has 1 aliphatic carbocycles. The molecule has 3 aliphatic rings. The van der Waals surface area contributed by atoms with Crippen LogP contribution in [-0.2, 0) is 0 Å². The van der Waals surface area contributed by atoms with Crippen LogP contribution in [0.1, 0.15) is 18.4 Å². The van der Waals surface area contributed by atoms with Crippen LogP contribution in [0.2, 0.25) is 0 Å². The molecule has 3 unspecified atom stereocenters. The molecular weight excluding hydrogens is 369 g/mol. The topological polar surface area (TPSA) is 3.24 Å². The van der Waals surface area contributed by atoms with Crippen LogP contribution in [0.3, 0.4) is 0 Å². The summed E-state index contributed by atoms with van der Waals surface area (Å²) in [5.74, 6) is 2.12. The lowest BCUT2D eigenvalue weighted by molar-refractivity contribution is 0.242. The van der Waals surface area contributed by atoms with Gasteiger partial charge in [-0.3, -0.25) is 4.42 Å². The SMILES string of the molecule is CC1CSC2=CCN(Cl)C3=CC=CC(c4ccccc4)C231.Cl.Cl. The summed E-state index contributed by atoms with van der Waals surface area (Å²) in [5.41, 5.74) is 2.68. The predicted octanol–water partition coefficient (Wildman–Crippen LogP) is 5.79. The zero-order chi connectivity index (χ0) is 14.4. The maximum absolute atomic E-state index is 6.55. The van der Waals surface area contributed by atoms with Crippen molar-refractivity contribution in [2.24, 2.45) is 11.3 Å². The van der Waals surface area contributed by atoms with Crippen LogP contribution in [0.25, 0.3) is 0 Å². The Morgan fingerprint density at radius 1 is 1.22 bits per heavy atom. The highest BCUT2D eigenvalue weighted by Crippen LogP contribution is 2.65. The lowest BCUT2D eigenvalue weighted by atomic mass is 9.60. The lowest BCUT2D eigenvalue weighted by Crippen LogP contribution is -2.43. The first-order chi connectivity index (χ1) is 10.2. The third kappa shape index (κ3) is 2.64. The summed E-state index contributed by atoms with van der Waals surface area (Å²) in [5, 5.41) is 0. The zero-order valence-electron chi connectivity index (χ0n) is 12.8. The van der Waals surface area contributed by atoms with Gasteiger partial charge < -0.3 is 0 Å². The van der Waals surface area contributed by atoms with Gasteiger partial charge >= 0.3 is 0 Å². The molecule has 0 amide bonds. The van der Waals surface area contributed by atoms with Gasteiger partial charge in [-0.1, -0.05) is 55.5 Å². The van der Waals surface area contributed by atoms with Crippen molar-refractivity contribution in [3.63, 3.8) is 0 Å². The Morgan fingerprint density at radius 3 is 2.70 bits per heavy atom. The van der Waals surface area contributed by atoms with Crippen molar-refractivity contribution >= 4 is 48.4 Å². The Kier molecular flexibility index (Phi) is 5.84. The lowest BCUT2D eigenvalue weighted by Gasteiger charge is -2.48. The Bertz CT molecular complexity index is 655. The molecule has 1 saturated heterocycles. The molecule has 2 heterocycles. The molecule has 124 valence electrons.